The number of rotatable bonds is 8. The largest absolute Gasteiger partial charge is 0.387 e. The SMILES string of the molecule is CC(C)NC[C@@H](C(N)=O)c1ccc(Cl)s1.CCN(CC)c1ncnc2c1[C@H](C)C[C@H]2O. The van der Waals surface area contributed by atoms with Gasteiger partial charge in [-0.1, -0.05) is 32.4 Å². The number of nitrogens with one attached hydrogen (secondary N) is 1. The van der Waals surface area contributed by atoms with Crippen LogP contribution in [0.15, 0.2) is 18.5 Å². The summed E-state index contributed by atoms with van der Waals surface area (Å²) in [6.45, 7) is 12.8. The van der Waals surface area contributed by atoms with Crippen molar-refractivity contribution in [2.45, 2.75) is 65.0 Å². The van der Waals surface area contributed by atoms with Crippen molar-refractivity contribution in [3.63, 3.8) is 0 Å². The first kappa shape index (κ1) is 25.5. The smallest absolute Gasteiger partial charge is 0.227 e. The van der Waals surface area contributed by atoms with E-state index in [1.54, 1.807) is 12.4 Å². The van der Waals surface area contributed by atoms with Crippen molar-refractivity contribution in [3.8, 4) is 0 Å². The van der Waals surface area contributed by atoms with Gasteiger partial charge in [0.2, 0.25) is 5.91 Å². The van der Waals surface area contributed by atoms with Gasteiger partial charge in [0.1, 0.15) is 12.1 Å². The average Bonchev–Trinajstić information content (AvgIpc) is 3.26. The highest BCUT2D eigenvalue weighted by Gasteiger charge is 2.32. The third-order valence-corrected chi connectivity index (χ3v) is 6.70. The molecular formula is C22H34ClN5O2S. The predicted octanol–water partition coefficient (Wildman–Crippen LogP) is 3.83. The maximum absolute atomic E-state index is 11.3. The summed E-state index contributed by atoms with van der Waals surface area (Å²) >= 11 is 7.22. The number of nitrogens with zero attached hydrogens (tertiary/aromatic N) is 3. The summed E-state index contributed by atoms with van der Waals surface area (Å²) < 4.78 is 0.681. The second-order valence-electron chi connectivity index (χ2n) is 7.98. The topological polar surface area (TPSA) is 104 Å². The molecule has 1 aliphatic rings. The van der Waals surface area contributed by atoms with Crippen LogP contribution in [0.4, 0.5) is 5.82 Å². The van der Waals surface area contributed by atoms with Crippen LogP contribution in [-0.2, 0) is 4.79 Å². The van der Waals surface area contributed by atoms with Gasteiger partial charge in [0.25, 0.3) is 0 Å². The lowest BCUT2D eigenvalue weighted by Crippen LogP contribution is -2.34. The molecule has 31 heavy (non-hydrogen) atoms. The summed E-state index contributed by atoms with van der Waals surface area (Å²) in [7, 11) is 0. The van der Waals surface area contributed by atoms with E-state index in [2.05, 4.69) is 41.0 Å². The van der Waals surface area contributed by atoms with Gasteiger partial charge < -0.3 is 21.1 Å². The van der Waals surface area contributed by atoms with Crippen LogP contribution in [0.1, 0.15) is 75.1 Å². The number of hydrogen-bond donors (Lipinski definition) is 3. The highest BCUT2D eigenvalue weighted by atomic mass is 35.5. The van der Waals surface area contributed by atoms with Gasteiger partial charge in [-0.05, 0) is 38.3 Å². The molecule has 1 aliphatic carbocycles. The Balaban J connectivity index is 0.000000221. The van der Waals surface area contributed by atoms with Crippen molar-refractivity contribution in [2.24, 2.45) is 5.73 Å². The lowest BCUT2D eigenvalue weighted by Gasteiger charge is -2.23. The van der Waals surface area contributed by atoms with Gasteiger partial charge in [0.05, 0.1) is 22.1 Å². The van der Waals surface area contributed by atoms with Crippen LogP contribution in [-0.4, -0.2) is 46.7 Å². The molecule has 2 aromatic heterocycles. The molecule has 0 saturated carbocycles. The quantitative estimate of drug-likeness (QED) is 0.545. The number of fused-ring (bicyclic) bond motifs is 1. The van der Waals surface area contributed by atoms with Crippen molar-refractivity contribution < 1.29 is 9.90 Å². The van der Waals surface area contributed by atoms with Crippen molar-refractivity contribution in [1.82, 2.24) is 15.3 Å². The molecule has 3 rings (SSSR count). The number of aliphatic hydroxyl groups is 1. The maximum atomic E-state index is 11.3. The number of amides is 1. The maximum Gasteiger partial charge on any atom is 0.227 e. The molecule has 0 unspecified atom stereocenters. The van der Waals surface area contributed by atoms with Crippen LogP contribution in [0, 0.1) is 0 Å². The molecule has 0 bridgehead atoms. The number of halogens is 1. The van der Waals surface area contributed by atoms with E-state index in [0.29, 0.717) is 22.8 Å². The molecule has 3 atom stereocenters. The summed E-state index contributed by atoms with van der Waals surface area (Å²) in [6, 6.07) is 3.97. The van der Waals surface area contributed by atoms with E-state index in [1.807, 2.05) is 19.9 Å². The third kappa shape index (κ3) is 6.62. The number of aromatic nitrogens is 2. The molecule has 0 aliphatic heterocycles. The van der Waals surface area contributed by atoms with E-state index < -0.39 is 6.10 Å². The fourth-order valence-electron chi connectivity index (χ4n) is 3.69. The molecular weight excluding hydrogens is 434 g/mol. The van der Waals surface area contributed by atoms with Gasteiger partial charge in [-0.15, -0.1) is 11.3 Å². The molecule has 2 heterocycles. The highest BCUT2D eigenvalue weighted by molar-refractivity contribution is 7.16. The first-order valence-electron chi connectivity index (χ1n) is 10.7. The van der Waals surface area contributed by atoms with Crippen molar-refractivity contribution in [2.75, 3.05) is 24.5 Å². The van der Waals surface area contributed by atoms with Crippen LogP contribution in [0.3, 0.4) is 0 Å². The molecule has 172 valence electrons. The molecule has 0 aromatic carbocycles. The van der Waals surface area contributed by atoms with Gasteiger partial charge in [0, 0.05) is 36.1 Å². The minimum atomic E-state index is -0.415. The van der Waals surface area contributed by atoms with Crippen molar-refractivity contribution >= 4 is 34.7 Å². The van der Waals surface area contributed by atoms with Crippen LogP contribution in [0.25, 0.3) is 0 Å². The Kier molecular flexibility index (Phi) is 9.68. The number of nitrogens with two attached hydrogens (primary N) is 1. The summed E-state index contributed by atoms with van der Waals surface area (Å²) in [5, 5.41) is 13.1. The van der Waals surface area contributed by atoms with Gasteiger partial charge in [0.15, 0.2) is 0 Å². The predicted molar refractivity (Wildman–Crippen MR) is 128 cm³/mol. The van der Waals surface area contributed by atoms with Gasteiger partial charge in [-0.3, -0.25) is 4.79 Å². The second-order valence-corrected chi connectivity index (χ2v) is 9.73. The molecule has 4 N–H and O–H groups in total. The summed E-state index contributed by atoms with van der Waals surface area (Å²) in [6.07, 6.45) is 1.91. The minimum Gasteiger partial charge on any atom is -0.387 e. The van der Waals surface area contributed by atoms with E-state index in [-0.39, 0.29) is 11.8 Å². The standard InChI is InChI=1S/C12H19N3O.C10H15ClN2OS/c1-4-15(5-2)12-10-8(3)6-9(16)11(10)13-7-14-12;1-6(2)13-5-7(10(12)14)8-3-4-9(11)15-8/h7-9,16H,4-6H2,1-3H3;3-4,6-7,13H,5H2,1-2H3,(H2,12,14)/t8-,9-;7-/m11/s1. The van der Waals surface area contributed by atoms with Crippen LogP contribution < -0.4 is 16.0 Å². The van der Waals surface area contributed by atoms with Crippen LogP contribution in [0.2, 0.25) is 4.34 Å². The zero-order valence-electron chi connectivity index (χ0n) is 18.9. The molecule has 0 radical (unpaired) electrons. The highest BCUT2D eigenvalue weighted by Crippen LogP contribution is 2.42. The number of hydrogen-bond acceptors (Lipinski definition) is 7. The van der Waals surface area contributed by atoms with Crippen molar-refractivity contribution in [3.05, 3.63) is 38.9 Å². The molecule has 2 aromatic rings. The Labute approximate surface area is 194 Å². The minimum absolute atomic E-state index is 0.287. The molecule has 0 fully saturated rings. The first-order chi connectivity index (χ1) is 14.7. The lowest BCUT2D eigenvalue weighted by atomic mass is 10.1. The average molecular weight is 468 g/mol. The lowest BCUT2D eigenvalue weighted by molar-refractivity contribution is -0.119. The zero-order valence-corrected chi connectivity index (χ0v) is 20.5. The Morgan fingerprint density at radius 2 is 2.03 bits per heavy atom. The fraction of sp³-hybridized carbons (Fsp3) is 0.591. The van der Waals surface area contributed by atoms with Crippen molar-refractivity contribution in [1.29, 1.82) is 0 Å². The number of primary amides is 1. The monoisotopic (exact) mass is 467 g/mol. The third-order valence-electron chi connectivity index (χ3n) is 5.35. The van der Waals surface area contributed by atoms with Crippen LogP contribution >= 0.6 is 22.9 Å². The molecule has 9 heteroatoms. The Bertz CT molecular complexity index is 856. The Hall–Kier alpha value is -1.74. The summed E-state index contributed by atoms with van der Waals surface area (Å²) in [5.74, 6) is 0.743. The number of carbonyl (C=O) groups is 1. The van der Waals surface area contributed by atoms with E-state index >= 15 is 0 Å². The fourth-order valence-corrected chi connectivity index (χ4v) is 4.86. The second kappa shape index (κ2) is 11.8. The molecule has 7 nitrogen and oxygen atoms in total. The molecule has 0 saturated heterocycles. The number of thiophene rings is 1. The zero-order chi connectivity index (χ0) is 23.1. The van der Waals surface area contributed by atoms with Crippen LogP contribution in [0.5, 0.6) is 0 Å². The normalized spacial score (nSPS) is 18.3. The Morgan fingerprint density at radius 1 is 1.35 bits per heavy atom. The summed E-state index contributed by atoms with van der Waals surface area (Å²) in [5.41, 5.74) is 7.31. The number of anilines is 1. The molecule has 0 spiro atoms. The van der Waals surface area contributed by atoms with Gasteiger partial charge >= 0.3 is 0 Å². The molecule has 1 amide bonds. The van der Waals surface area contributed by atoms with E-state index in [4.69, 9.17) is 17.3 Å². The van der Waals surface area contributed by atoms with Gasteiger partial charge in [-0.25, -0.2) is 9.97 Å². The van der Waals surface area contributed by atoms with E-state index in [1.165, 1.54) is 11.3 Å². The first-order valence-corrected chi connectivity index (χ1v) is 11.9. The number of carbonyl (C=O) groups excluding carboxylic acids is 1. The van der Waals surface area contributed by atoms with E-state index in [0.717, 1.165) is 41.5 Å². The Morgan fingerprint density at radius 3 is 2.55 bits per heavy atom. The van der Waals surface area contributed by atoms with Gasteiger partial charge in [-0.2, -0.15) is 0 Å². The van der Waals surface area contributed by atoms with E-state index in [9.17, 15) is 9.90 Å². The summed E-state index contributed by atoms with van der Waals surface area (Å²) in [4.78, 5) is 23.0. The number of aliphatic hydroxyl groups excluding tert-OH is 1.